The molecule has 69 heavy (non-hydrogen) atoms. The first-order chi connectivity index (χ1) is 32.8. The maximum absolute atomic E-state index is 12.6. The van der Waals surface area contributed by atoms with Crippen LogP contribution in [0, 0.1) is 3.57 Å². The minimum absolute atomic E-state index is 0.0123. The topological polar surface area (TPSA) is 187 Å². The Morgan fingerprint density at radius 3 is 1.46 bits per heavy atom. The Balaban J connectivity index is 0.000000204. The van der Waals surface area contributed by atoms with Gasteiger partial charge in [-0.1, -0.05) is 55.1 Å². The highest BCUT2D eigenvalue weighted by molar-refractivity contribution is 14.1. The van der Waals surface area contributed by atoms with Gasteiger partial charge in [0.2, 0.25) is 10.0 Å². The van der Waals surface area contributed by atoms with Gasteiger partial charge in [-0.25, -0.2) is 27.0 Å². The fourth-order valence-corrected chi connectivity index (χ4v) is 9.54. The summed E-state index contributed by atoms with van der Waals surface area (Å²) in [5, 5.41) is 9.36. The maximum atomic E-state index is 12.6. The zero-order chi connectivity index (χ0) is 50.6. The molecule has 0 bridgehead atoms. The van der Waals surface area contributed by atoms with Gasteiger partial charge in [0.25, 0.3) is 5.91 Å². The van der Waals surface area contributed by atoms with Crippen LogP contribution in [-0.4, -0.2) is 133 Å². The number of rotatable bonds is 8. The van der Waals surface area contributed by atoms with Crippen LogP contribution in [0.1, 0.15) is 26.3 Å². The number of sulfonamides is 1. The van der Waals surface area contributed by atoms with Crippen LogP contribution in [0.25, 0.3) is 0 Å². The van der Waals surface area contributed by atoms with Gasteiger partial charge in [-0.05, 0) is 132 Å². The Morgan fingerprint density at radius 2 is 1.06 bits per heavy atom. The van der Waals surface area contributed by atoms with E-state index in [1.807, 2.05) is 24.3 Å². The quantitative estimate of drug-likeness (QED) is 0.0858. The molecular formula is C47H54Br2Cl2IN5O10S2. The largest absolute Gasteiger partial charge is 0.379 e. The van der Waals surface area contributed by atoms with E-state index in [4.69, 9.17) is 47.4 Å². The number of ketones is 1. The molecule has 0 aliphatic carbocycles. The van der Waals surface area contributed by atoms with Crippen LogP contribution in [0.4, 0.5) is 11.4 Å². The minimum atomic E-state index is -4.00. The van der Waals surface area contributed by atoms with Gasteiger partial charge >= 0.3 is 0 Å². The summed E-state index contributed by atoms with van der Waals surface area (Å²) in [6, 6.07) is 31.9. The number of nitrogens with zero attached hydrogens (tertiary/aromatic N) is 3. The predicted octanol–water partition coefficient (Wildman–Crippen LogP) is 8.38. The van der Waals surface area contributed by atoms with Crippen molar-refractivity contribution in [3.63, 3.8) is 0 Å². The molecule has 3 fully saturated rings. The molecule has 0 radical (unpaired) electrons. The Labute approximate surface area is 445 Å². The molecule has 8 rings (SSSR count). The first-order valence-electron chi connectivity index (χ1n) is 21.2. The molecule has 374 valence electrons. The molecule has 0 unspecified atom stereocenters. The van der Waals surface area contributed by atoms with E-state index in [0.717, 1.165) is 91.6 Å². The summed E-state index contributed by atoms with van der Waals surface area (Å²) in [5.74, 6) is -0.746. The monoisotopic (exact) mass is 1270 g/mol. The first kappa shape index (κ1) is 58.3. The van der Waals surface area contributed by atoms with E-state index in [1.54, 1.807) is 12.1 Å². The summed E-state index contributed by atoms with van der Waals surface area (Å²) in [5.41, 5.74) is 3.17. The normalized spacial score (nSPS) is 14.7. The third-order valence-corrected chi connectivity index (χ3v) is 14.7. The highest BCUT2D eigenvalue weighted by Crippen LogP contribution is 2.26. The van der Waals surface area contributed by atoms with E-state index < -0.39 is 25.8 Å². The fourth-order valence-electron chi connectivity index (χ4n) is 6.28. The number of halogens is 5. The number of hydrogen-bond acceptors (Lipinski definition) is 13. The van der Waals surface area contributed by atoms with E-state index in [0.29, 0.717) is 18.8 Å². The molecular weight excluding hydrogens is 1220 g/mol. The second-order valence-electron chi connectivity index (χ2n) is 14.9. The number of carbonyl (C=O) groups is 2. The molecule has 3 aliphatic heterocycles. The van der Waals surface area contributed by atoms with Crippen molar-refractivity contribution in [3.05, 3.63) is 148 Å². The van der Waals surface area contributed by atoms with Crippen molar-refractivity contribution in [1.29, 1.82) is 0 Å². The molecule has 5 aromatic carbocycles. The van der Waals surface area contributed by atoms with Crippen molar-refractivity contribution in [3.8, 4) is 0 Å². The number of hydroxylamine groups is 2. The molecule has 1 amide bonds. The lowest BCUT2D eigenvalue weighted by Crippen LogP contribution is -2.36. The summed E-state index contributed by atoms with van der Waals surface area (Å²) in [6.07, 6.45) is 1.03. The number of benzene rings is 5. The van der Waals surface area contributed by atoms with E-state index in [1.165, 1.54) is 59.8 Å². The van der Waals surface area contributed by atoms with Crippen molar-refractivity contribution in [2.45, 2.75) is 9.79 Å². The number of ether oxygens (including phenoxy) is 3. The number of nitrogens with two attached hydrogens (primary N) is 1. The minimum Gasteiger partial charge on any atom is -0.379 e. The zero-order valence-electron chi connectivity index (χ0n) is 38.1. The van der Waals surface area contributed by atoms with Crippen molar-refractivity contribution >= 4 is 121 Å². The maximum Gasteiger partial charge on any atom is 0.277 e. The number of primary sulfonamides is 1. The molecule has 3 saturated heterocycles. The van der Waals surface area contributed by atoms with E-state index in [9.17, 15) is 26.4 Å². The lowest BCUT2D eigenvalue weighted by Gasteiger charge is -2.28. The number of anilines is 2. The molecule has 15 nitrogen and oxygen atoms in total. The van der Waals surface area contributed by atoms with Crippen LogP contribution in [0.3, 0.4) is 0 Å². The van der Waals surface area contributed by atoms with Crippen LogP contribution in [0.2, 0.25) is 10.0 Å². The average Bonchev–Trinajstić information content (AvgIpc) is 3.36. The van der Waals surface area contributed by atoms with Gasteiger partial charge in [-0.15, -0.1) is 0 Å². The SMILES string of the molecule is Brc1ccc(I)cc1.Brc1ccc(N2CCOCC2)cc1.C1COCCN1.CON(C)C(=O)c1ccc(Cl)c(S(C)(=O)=O)c1.NS(=O)(=O)c1cc(C(=O)c2ccc(N3CCOCC3)cc2)ccc1Cl. The highest BCUT2D eigenvalue weighted by atomic mass is 127. The summed E-state index contributed by atoms with van der Waals surface area (Å²) in [4.78, 5) is 33.3. The zero-order valence-corrected chi connectivity index (χ0v) is 46.6. The van der Waals surface area contributed by atoms with Gasteiger partial charge in [0.15, 0.2) is 15.6 Å². The van der Waals surface area contributed by atoms with E-state index in [2.05, 4.69) is 106 Å². The Morgan fingerprint density at radius 1 is 0.652 bits per heavy atom. The van der Waals surface area contributed by atoms with Crippen molar-refractivity contribution in [2.75, 3.05) is 109 Å². The lowest BCUT2D eigenvalue weighted by molar-refractivity contribution is -0.0757. The number of nitrogens with one attached hydrogen (secondary N) is 1. The third-order valence-electron chi connectivity index (χ3n) is 10.00. The molecule has 0 atom stereocenters. The van der Waals surface area contributed by atoms with Crippen LogP contribution in [-0.2, 0) is 38.9 Å². The van der Waals surface area contributed by atoms with Gasteiger partial charge < -0.3 is 29.3 Å². The summed E-state index contributed by atoms with van der Waals surface area (Å²) in [7, 11) is -4.69. The molecule has 3 aliphatic rings. The number of amides is 1. The van der Waals surface area contributed by atoms with Gasteiger partial charge in [-0.2, -0.15) is 0 Å². The highest BCUT2D eigenvalue weighted by Gasteiger charge is 2.20. The molecule has 0 saturated carbocycles. The van der Waals surface area contributed by atoms with E-state index in [-0.39, 0.29) is 36.7 Å². The predicted molar refractivity (Wildman–Crippen MR) is 287 cm³/mol. The van der Waals surface area contributed by atoms with Gasteiger partial charge in [0.05, 0.1) is 61.7 Å². The molecule has 3 N–H and O–H groups in total. The standard InChI is InChI=1S/C17H17ClN2O4S.C10H12BrNO.C10H12ClNO4S.C6H4BrI.C4H9NO/c18-15-6-3-13(11-16(15)25(19,22)23)17(21)12-1-4-14(5-2-12)20-7-9-24-10-8-20;11-9-1-3-10(4-2-9)12-5-7-13-8-6-12;1-12(16-2)10(13)7-4-5-8(11)9(6-7)17(3,14)15;7-5-1-3-6(8)4-2-5;1-3-6-4-2-5-1/h1-6,11H,7-10H2,(H2,19,22,23);1-4H,5-8H2;4-6H,1-3H3;1-4H;5H,1-4H2. The number of hydrogen-bond donors (Lipinski definition) is 2. The van der Waals surface area contributed by atoms with E-state index >= 15 is 0 Å². The molecule has 0 aromatic heterocycles. The number of carbonyl (C=O) groups excluding carboxylic acids is 2. The van der Waals surface area contributed by atoms with Crippen LogP contribution < -0.4 is 20.3 Å². The Hall–Kier alpha value is -3.23. The summed E-state index contributed by atoms with van der Waals surface area (Å²) >= 11 is 20.7. The van der Waals surface area contributed by atoms with Gasteiger partial charge in [-0.3, -0.25) is 14.4 Å². The van der Waals surface area contributed by atoms with Crippen molar-refractivity contribution in [1.82, 2.24) is 10.4 Å². The van der Waals surface area contributed by atoms with Crippen LogP contribution in [0.5, 0.6) is 0 Å². The van der Waals surface area contributed by atoms with Gasteiger partial charge in [0.1, 0.15) is 4.90 Å². The van der Waals surface area contributed by atoms with Gasteiger partial charge in [0, 0.05) is 93.2 Å². The smallest absolute Gasteiger partial charge is 0.277 e. The van der Waals surface area contributed by atoms with Crippen molar-refractivity contribution in [2.24, 2.45) is 5.14 Å². The number of sulfone groups is 1. The molecule has 5 aromatic rings. The summed E-state index contributed by atoms with van der Waals surface area (Å²) in [6.45, 7) is 10.5. The Bertz CT molecular complexity index is 2610. The third kappa shape index (κ3) is 20.1. The Kier molecular flexibility index (Phi) is 24.8. The number of morpholine rings is 3. The second-order valence-corrected chi connectivity index (χ2v) is 22.3. The second kappa shape index (κ2) is 29.3. The lowest BCUT2D eigenvalue weighted by atomic mass is 10.0. The molecule has 0 spiro atoms. The van der Waals surface area contributed by atoms with Crippen LogP contribution in [0.15, 0.2) is 128 Å². The van der Waals surface area contributed by atoms with Crippen molar-refractivity contribution < 1.29 is 45.5 Å². The van der Waals surface area contributed by atoms with Crippen LogP contribution >= 0.6 is 77.7 Å². The fraction of sp³-hybridized carbons (Fsp3) is 0.319. The molecule has 3 heterocycles. The molecule has 22 heteroatoms. The summed E-state index contributed by atoms with van der Waals surface area (Å²) < 4.78 is 65.1. The first-order valence-corrected chi connectivity index (χ1v) is 28.0. The average molecular weight is 1270 g/mol.